The zero-order valence-electron chi connectivity index (χ0n) is 12.5. The highest BCUT2D eigenvalue weighted by Gasteiger charge is 2.34. The summed E-state index contributed by atoms with van der Waals surface area (Å²) in [5.74, 6) is 0.00935. The largest absolute Gasteiger partial charge is 0.496 e. The van der Waals surface area contributed by atoms with E-state index in [0.29, 0.717) is 17.0 Å². The monoisotopic (exact) mass is 450 g/mol. The summed E-state index contributed by atoms with van der Waals surface area (Å²) < 4.78 is 4.33. The smallest absolute Gasteiger partial charge is 0.256 e. The third-order valence-electron chi connectivity index (χ3n) is 3.11. The number of carbonyl (C=O) groups excluding carboxylic acids is 1. The molecule has 0 aliphatic rings. The summed E-state index contributed by atoms with van der Waals surface area (Å²) in [6, 6.07) is 14.1. The molecular formula is C16H14BrCl3N2O2. The van der Waals surface area contributed by atoms with E-state index in [0.717, 1.165) is 4.47 Å². The van der Waals surface area contributed by atoms with E-state index < -0.39 is 15.9 Å². The van der Waals surface area contributed by atoms with Gasteiger partial charge in [0.25, 0.3) is 5.91 Å². The SMILES string of the molecule is COc1ccccc1C(=O)NC(Nc1ccc(Br)cc1)C(Cl)(Cl)Cl. The Balaban J connectivity index is 2.20. The third-order valence-corrected chi connectivity index (χ3v) is 4.29. The molecular weight excluding hydrogens is 438 g/mol. The quantitative estimate of drug-likeness (QED) is 0.496. The van der Waals surface area contributed by atoms with E-state index in [2.05, 4.69) is 26.6 Å². The fourth-order valence-electron chi connectivity index (χ4n) is 1.95. The van der Waals surface area contributed by atoms with Crippen molar-refractivity contribution in [3.63, 3.8) is 0 Å². The predicted molar refractivity (Wildman–Crippen MR) is 102 cm³/mol. The first kappa shape index (κ1) is 19.2. The molecule has 2 aromatic carbocycles. The maximum Gasteiger partial charge on any atom is 0.256 e. The van der Waals surface area contributed by atoms with E-state index in [-0.39, 0.29) is 0 Å². The number of amides is 1. The van der Waals surface area contributed by atoms with Crippen LogP contribution >= 0.6 is 50.7 Å². The summed E-state index contributed by atoms with van der Waals surface area (Å²) in [6.07, 6.45) is -0.943. The minimum absolute atomic E-state index is 0.344. The van der Waals surface area contributed by atoms with Gasteiger partial charge < -0.3 is 15.4 Å². The first-order chi connectivity index (χ1) is 11.3. The molecule has 0 spiro atoms. The second-order valence-corrected chi connectivity index (χ2v) is 8.08. The third kappa shape index (κ3) is 5.18. The Morgan fingerprint density at radius 2 is 1.75 bits per heavy atom. The highest BCUT2D eigenvalue weighted by molar-refractivity contribution is 9.10. The zero-order valence-corrected chi connectivity index (χ0v) is 16.4. The van der Waals surface area contributed by atoms with Crippen molar-refractivity contribution in [2.45, 2.75) is 9.96 Å². The highest BCUT2D eigenvalue weighted by atomic mass is 79.9. The molecule has 8 heteroatoms. The minimum atomic E-state index is -1.76. The molecule has 0 fully saturated rings. The van der Waals surface area contributed by atoms with Crippen LogP contribution < -0.4 is 15.4 Å². The lowest BCUT2D eigenvalue weighted by atomic mass is 10.2. The number of rotatable bonds is 5. The van der Waals surface area contributed by atoms with Gasteiger partial charge in [-0.1, -0.05) is 62.9 Å². The topological polar surface area (TPSA) is 50.4 Å². The Kier molecular flexibility index (Phi) is 6.63. The molecule has 2 aromatic rings. The van der Waals surface area contributed by atoms with Crippen LogP contribution in [0, 0.1) is 0 Å². The maximum atomic E-state index is 12.5. The average molecular weight is 453 g/mol. The lowest BCUT2D eigenvalue weighted by Crippen LogP contribution is -2.49. The number of hydrogen-bond acceptors (Lipinski definition) is 3. The van der Waals surface area contributed by atoms with Crippen molar-refractivity contribution in [2.24, 2.45) is 0 Å². The van der Waals surface area contributed by atoms with Crippen LogP contribution in [0.4, 0.5) is 5.69 Å². The molecule has 0 aliphatic heterocycles. The Hall–Kier alpha value is -1.14. The lowest BCUT2D eigenvalue weighted by molar-refractivity contribution is 0.0939. The second-order valence-electron chi connectivity index (χ2n) is 4.80. The standard InChI is InChI=1S/C16H14BrCl3N2O2/c1-24-13-5-3-2-4-12(13)14(23)22-15(16(18,19)20)21-11-8-6-10(17)7-9-11/h2-9,15,21H,1H3,(H,22,23). The van der Waals surface area contributed by atoms with Gasteiger partial charge >= 0.3 is 0 Å². The van der Waals surface area contributed by atoms with Gasteiger partial charge in [-0.2, -0.15) is 0 Å². The summed E-state index contributed by atoms with van der Waals surface area (Å²) in [7, 11) is 1.48. The fourth-order valence-corrected chi connectivity index (χ4v) is 2.55. The Bertz CT molecular complexity index is 705. The van der Waals surface area contributed by atoms with Gasteiger partial charge in [0, 0.05) is 10.2 Å². The van der Waals surface area contributed by atoms with Crippen molar-refractivity contribution in [3.05, 3.63) is 58.6 Å². The fraction of sp³-hybridized carbons (Fsp3) is 0.188. The van der Waals surface area contributed by atoms with E-state index in [9.17, 15) is 4.79 Å². The minimum Gasteiger partial charge on any atom is -0.496 e. The first-order valence-corrected chi connectivity index (χ1v) is 8.76. The lowest BCUT2D eigenvalue weighted by Gasteiger charge is -2.27. The van der Waals surface area contributed by atoms with Crippen LogP contribution in [0.15, 0.2) is 53.0 Å². The van der Waals surface area contributed by atoms with E-state index in [4.69, 9.17) is 39.5 Å². The van der Waals surface area contributed by atoms with Crippen molar-refractivity contribution in [2.75, 3.05) is 12.4 Å². The second kappa shape index (κ2) is 8.30. The maximum absolute atomic E-state index is 12.5. The Morgan fingerprint density at radius 3 is 2.33 bits per heavy atom. The highest BCUT2D eigenvalue weighted by Crippen LogP contribution is 2.32. The number of methoxy groups -OCH3 is 1. The summed E-state index contributed by atoms with van der Waals surface area (Å²) in [6.45, 7) is 0. The van der Waals surface area contributed by atoms with Crippen LogP contribution in [0.1, 0.15) is 10.4 Å². The van der Waals surface area contributed by atoms with Gasteiger partial charge in [-0.3, -0.25) is 4.79 Å². The van der Waals surface area contributed by atoms with Crippen LogP contribution in [0.2, 0.25) is 0 Å². The van der Waals surface area contributed by atoms with Gasteiger partial charge in [0.15, 0.2) is 0 Å². The van der Waals surface area contributed by atoms with Gasteiger partial charge in [0.2, 0.25) is 3.79 Å². The summed E-state index contributed by atoms with van der Waals surface area (Å²) >= 11 is 21.3. The molecule has 0 heterocycles. The number of alkyl halides is 3. The molecule has 1 unspecified atom stereocenters. The molecule has 2 rings (SSSR count). The molecule has 0 saturated heterocycles. The van der Waals surface area contributed by atoms with E-state index in [1.54, 1.807) is 36.4 Å². The number of nitrogens with one attached hydrogen (secondary N) is 2. The van der Waals surface area contributed by atoms with Crippen molar-refractivity contribution < 1.29 is 9.53 Å². The molecule has 24 heavy (non-hydrogen) atoms. The van der Waals surface area contributed by atoms with E-state index in [1.165, 1.54) is 7.11 Å². The molecule has 0 saturated carbocycles. The van der Waals surface area contributed by atoms with Gasteiger partial charge in [-0.25, -0.2) is 0 Å². The summed E-state index contributed by atoms with van der Waals surface area (Å²) in [5, 5.41) is 5.67. The molecule has 1 atom stereocenters. The number of anilines is 1. The van der Waals surface area contributed by atoms with Crippen molar-refractivity contribution >= 4 is 62.3 Å². The van der Waals surface area contributed by atoms with Crippen LogP contribution in [-0.4, -0.2) is 23.0 Å². The number of carbonyl (C=O) groups is 1. The van der Waals surface area contributed by atoms with Gasteiger partial charge in [-0.15, -0.1) is 0 Å². The first-order valence-electron chi connectivity index (χ1n) is 6.84. The normalized spacial score (nSPS) is 12.4. The summed E-state index contributed by atoms with van der Waals surface area (Å²) in [4.78, 5) is 12.5. The molecule has 1 amide bonds. The van der Waals surface area contributed by atoms with E-state index in [1.807, 2.05) is 12.1 Å². The molecule has 0 radical (unpaired) electrons. The van der Waals surface area contributed by atoms with Crippen LogP contribution in [0.25, 0.3) is 0 Å². The van der Waals surface area contributed by atoms with Crippen LogP contribution in [-0.2, 0) is 0 Å². The van der Waals surface area contributed by atoms with Crippen molar-refractivity contribution in [1.29, 1.82) is 0 Å². The molecule has 0 aliphatic carbocycles. The van der Waals surface area contributed by atoms with E-state index >= 15 is 0 Å². The molecule has 0 aromatic heterocycles. The predicted octanol–water partition coefficient (Wildman–Crippen LogP) is 5.00. The molecule has 2 N–H and O–H groups in total. The van der Waals surface area contributed by atoms with Crippen molar-refractivity contribution in [3.8, 4) is 5.75 Å². The van der Waals surface area contributed by atoms with Gasteiger partial charge in [0.05, 0.1) is 12.7 Å². The van der Waals surface area contributed by atoms with Crippen LogP contribution in [0.3, 0.4) is 0 Å². The molecule has 0 bridgehead atoms. The number of hydrogen-bond donors (Lipinski definition) is 2. The summed E-state index contributed by atoms with van der Waals surface area (Å²) in [5.41, 5.74) is 1.03. The zero-order chi connectivity index (χ0) is 17.7. The Morgan fingerprint density at radius 1 is 1.12 bits per heavy atom. The number of ether oxygens (including phenoxy) is 1. The van der Waals surface area contributed by atoms with Gasteiger partial charge in [0.1, 0.15) is 11.9 Å². The number of para-hydroxylation sites is 1. The van der Waals surface area contributed by atoms with Crippen molar-refractivity contribution in [1.82, 2.24) is 5.32 Å². The van der Waals surface area contributed by atoms with Crippen LogP contribution in [0.5, 0.6) is 5.75 Å². The average Bonchev–Trinajstić information content (AvgIpc) is 2.55. The molecule has 128 valence electrons. The number of benzene rings is 2. The van der Waals surface area contributed by atoms with Gasteiger partial charge in [-0.05, 0) is 36.4 Å². The molecule has 4 nitrogen and oxygen atoms in total. The number of halogens is 4. The Labute approximate surface area is 163 Å².